The highest BCUT2D eigenvalue weighted by Gasteiger charge is 2.18. The first kappa shape index (κ1) is 11.7. The van der Waals surface area contributed by atoms with Crippen LogP contribution in [0.4, 0.5) is 0 Å². The van der Waals surface area contributed by atoms with Gasteiger partial charge in [0.1, 0.15) is 0 Å². The van der Waals surface area contributed by atoms with Crippen molar-refractivity contribution >= 4 is 0 Å². The van der Waals surface area contributed by atoms with Crippen molar-refractivity contribution in [3.05, 3.63) is 12.2 Å². The minimum atomic E-state index is 0.497. The predicted molar refractivity (Wildman–Crippen MR) is 60.4 cm³/mol. The first-order valence-electron chi connectivity index (χ1n) is 5.64. The van der Waals surface area contributed by atoms with Crippen LogP contribution in [0.2, 0.25) is 0 Å². The third-order valence-corrected chi connectivity index (χ3v) is 2.87. The molecule has 0 radical (unpaired) electrons. The second kappa shape index (κ2) is 6.20. The van der Waals surface area contributed by atoms with Crippen molar-refractivity contribution in [3.8, 4) is 0 Å². The maximum absolute atomic E-state index is 5.23. The Hall–Kier alpha value is -0.340. The van der Waals surface area contributed by atoms with Crippen molar-refractivity contribution in [1.82, 2.24) is 5.32 Å². The van der Waals surface area contributed by atoms with Gasteiger partial charge in [0.15, 0.2) is 0 Å². The van der Waals surface area contributed by atoms with E-state index in [1.807, 2.05) is 0 Å². The lowest BCUT2D eigenvalue weighted by Crippen LogP contribution is -2.44. The van der Waals surface area contributed by atoms with Crippen molar-refractivity contribution in [3.63, 3.8) is 0 Å². The van der Waals surface area contributed by atoms with E-state index in [-0.39, 0.29) is 0 Å². The fourth-order valence-electron chi connectivity index (χ4n) is 1.86. The molecule has 0 heterocycles. The number of methoxy groups -OCH3 is 1. The van der Waals surface area contributed by atoms with Crippen LogP contribution in [0.25, 0.3) is 0 Å². The van der Waals surface area contributed by atoms with Crippen molar-refractivity contribution in [1.29, 1.82) is 0 Å². The molecule has 1 rings (SSSR count). The van der Waals surface area contributed by atoms with Gasteiger partial charge < -0.3 is 10.1 Å². The number of allylic oxidation sites excluding steroid dienone is 1. The molecule has 1 aliphatic rings. The van der Waals surface area contributed by atoms with Crippen LogP contribution in [0.5, 0.6) is 0 Å². The fraction of sp³-hybridized carbons (Fsp3) is 0.833. The van der Waals surface area contributed by atoms with E-state index in [1.54, 1.807) is 7.11 Å². The first-order chi connectivity index (χ1) is 6.74. The summed E-state index contributed by atoms with van der Waals surface area (Å²) < 4.78 is 5.23. The standard InChI is InChI=1S/C12H23NO/c1-10(2)12(9-14-3)13-11-7-5-4-6-8-11/h4-5,10-13H,6-9H2,1-3H3. The second-order valence-electron chi connectivity index (χ2n) is 4.45. The molecule has 2 nitrogen and oxygen atoms in total. The van der Waals surface area contributed by atoms with Crippen molar-refractivity contribution in [2.45, 2.75) is 45.2 Å². The van der Waals surface area contributed by atoms with Gasteiger partial charge in [0, 0.05) is 19.2 Å². The molecule has 0 aliphatic heterocycles. The van der Waals surface area contributed by atoms with Crippen molar-refractivity contribution in [2.24, 2.45) is 5.92 Å². The average molecular weight is 197 g/mol. The molecule has 2 unspecified atom stereocenters. The summed E-state index contributed by atoms with van der Waals surface area (Å²) in [6, 6.07) is 1.15. The molecule has 2 atom stereocenters. The molecule has 14 heavy (non-hydrogen) atoms. The van der Waals surface area contributed by atoms with Crippen molar-refractivity contribution < 1.29 is 4.74 Å². The van der Waals surface area contributed by atoms with E-state index in [2.05, 4.69) is 31.3 Å². The van der Waals surface area contributed by atoms with Crippen LogP contribution >= 0.6 is 0 Å². The molecule has 82 valence electrons. The van der Waals surface area contributed by atoms with Gasteiger partial charge in [-0.05, 0) is 25.2 Å². The van der Waals surface area contributed by atoms with E-state index in [4.69, 9.17) is 4.74 Å². The number of ether oxygens (including phenoxy) is 1. The number of hydrogen-bond acceptors (Lipinski definition) is 2. The van der Waals surface area contributed by atoms with Gasteiger partial charge in [-0.3, -0.25) is 0 Å². The molecule has 0 aromatic heterocycles. The zero-order valence-corrected chi connectivity index (χ0v) is 9.62. The van der Waals surface area contributed by atoms with Crippen LogP contribution in [-0.4, -0.2) is 25.8 Å². The maximum Gasteiger partial charge on any atom is 0.0618 e. The SMILES string of the molecule is COCC(NC1CC=CCC1)C(C)C. The molecular weight excluding hydrogens is 174 g/mol. The smallest absolute Gasteiger partial charge is 0.0618 e. The Morgan fingerprint density at radius 2 is 2.21 bits per heavy atom. The highest BCUT2D eigenvalue weighted by Crippen LogP contribution is 2.13. The van der Waals surface area contributed by atoms with E-state index >= 15 is 0 Å². The molecule has 0 amide bonds. The summed E-state index contributed by atoms with van der Waals surface area (Å²) in [7, 11) is 1.78. The topological polar surface area (TPSA) is 21.3 Å². The Morgan fingerprint density at radius 3 is 2.71 bits per heavy atom. The average Bonchev–Trinajstić information content (AvgIpc) is 2.18. The number of nitrogens with one attached hydrogen (secondary N) is 1. The van der Waals surface area contributed by atoms with E-state index in [0.717, 1.165) is 6.61 Å². The predicted octanol–water partition coefficient (Wildman–Crippen LogP) is 2.36. The minimum Gasteiger partial charge on any atom is -0.383 e. The van der Waals surface area contributed by atoms with Crippen molar-refractivity contribution in [2.75, 3.05) is 13.7 Å². The number of hydrogen-bond donors (Lipinski definition) is 1. The highest BCUT2D eigenvalue weighted by molar-refractivity contribution is 4.94. The minimum absolute atomic E-state index is 0.497. The van der Waals surface area contributed by atoms with E-state index < -0.39 is 0 Å². The molecule has 0 saturated heterocycles. The van der Waals surface area contributed by atoms with Crippen LogP contribution in [0, 0.1) is 5.92 Å². The lowest BCUT2D eigenvalue weighted by Gasteiger charge is -2.28. The van der Waals surface area contributed by atoms with Gasteiger partial charge in [0.2, 0.25) is 0 Å². The first-order valence-corrected chi connectivity index (χ1v) is 5.64. The molecule has 0 bridgehead atoms. The third-order valence-electron chi connectivity index (χ3n) is 2.87. The molecule has 0 aromatic rings. The Morgan fingerprint density at radius 1 is 1.43 bits per heavy atom. The quantitative estimate of drug-likeness (QED) is 0.683. The van der Waals surface area contributed by atoms with Crippen LogP contribution in [-0.2, 0) is 4.74 Å². The molecule has 0 saturated carbocycles. The molecule has 0 aromatic carbocycles. The van der Waals surface area contributed by atoms with Crippen LogP contribution in [0.3, 0.4) is 0 Å². The number of rotatable bonds is 5. The third kappa shape index (κ3) is 3.81. The van der Waals surface area contributed by atoms with Gasteiger partial charge in [-0.1, -0.05) is 26.0 Å². The summed E-state index contributed by atoms with van der Waals surface area (Å²) in [5, 5.41) is 3.68. The second-order valence-corrected chi connectivity index (χ2v) is 4.45. The monoisotopic (exact) mass is 197 g/mol. The van der Waals surface area contributed by atoms with E-state index in [1.165, 1.54) is 19.3 Å². The zero-order valence-electron chi connectivity index (χ0n) is 9.62. The largest absolute Gasteiger partial charge is 0.383 e. The molecule has 0 fully saturated rings. The summed E-state index contributed by atoms with van der Waals surface area (Å²) in [6.45, 7) is 5.31. The lowest BCUT2D eigenvalue weighted by molar-refractivity contribution is 0.139. The lowest BCUT2D eigenvalue weighted by atomic mass is 9.98. The van der Waals surface area contributed by atoms with E-state index in [0.29, 0.717) is 18.0 Å². The maximum atomic E-state index is 5.23. The molecule has 2 heteroatoms. The summed E-state index contributed by atoms with van der Waals surface area (Å²) >= 11 is 0. The Balaban J connectivity index is 2.34. The molecule has 1 N–H and O–H groups in total. The fourth-order valence-corrected chi connectivity index (χ4v) is 1.86. The highest BCUT2D eigenvalue weighted by atomic mass is 16.5. The van der Waals surface area contributed by atoms with Crippen LogP contribution in [0.1, 0.15) is 33.1 Å². The van der Waals surface area contributed by atoms with Gasteiger partial charge in [0.25, 0.3) is 0 Å². The Bertz CT molecular complexity index is 177. The molecule has 0 spiro atoms. The Labute approximate surface area is 87.7 Å². The van der Waals surface area contributed by atoms with Gasteiger partial charge in [-0.2, -0.15) is 0 Å². The molecule has 1 aliphatic carbocycles. The summed E-state index contributed by atoms with van der Waals surface area (Å²) in [4.78, 5) is 0. The van der Waals surface area contributed by atoms with Gasteiger partial charge >= 0.3 is 0 Å². The normalized spacial score (nSPS) is 24.1. The summed E-state index contributed by atoms with van der Waals surface area (Å²) in [5.74, 6) is 0.640. The van der Waals surface area contributed by atoms with E-state index in [9.17, 15) is 0 Å². The Kier molecular flexibility index (Phi) is 5.20. The van der Waals surface area contributed by atoms with Crippen LogP contribution in [0.15, 0.2) is 12.2 Å². The van der Waals surface area contributed by atoms with Crippen LogP contribution < -0.4 is 5.32 Å². The summed E-state index contributed by atoms with van der Waals surface area (Å²) in [5.41, 5.74) is 0. The zero-order chi connectivity index (χ0) is 10.4. The van der Waals surface area contributed by atoms with Gasteiger partial charge in [-0.15, -0.1) is 0 Å². The molecular formula is C12H23NO. The van der Waals surface area contributed by atoms with Gasteiger partial charge in [-0.25, -0.2) is 0 Å². The van der Waals surface area contributed by atoms with Gasteiger partial charge in [0.05, 0.1) is 6.61 Å². The summed E-state index contributed by atoms with van der Waals surface area (Å²) in [6.07, 6.45) is 8.22.